The lowest BCUT2D eigenvalue weighted by Gasteiger charge is -2.46. The molecule has 2 fully saturated rings. The number of fused-ring (bicyclic) bond motifs is 1. The predicted octanol–water partition coefficient (Wildman–Crippen LogP) is 5.54. The average molecular weight is 591 g/mol. The highest BCUT2D eigenvalue weighted by Gasteiger charge is 2.55. The molecule has 2 aromatic carbocycles. The van der Waals surface area contributed by atoms with Gasteiger partial charge in [-0.1, -0.05) is 95.3 Å². The number of carbonyl (C=O) groups is 1. The van der Waals surface area contributed by atoms with Crippen LogP contribution in [0.3, 0.4) is 0 Å². The van der Waals surface area contributed by atoms with Crippen molar-refractivity contribution in [1.82, 2.24) is 10.1 Å². The Morgan fingerprint density at radius 2 is 1.71 bits per heavy atom. The lowest BCUT2D eigenvalue weighted by atomic mass is 9.93. The standard InChI is InChI=1S/C34H46N2O5Si/c1-25(2)31(32(37)38-6)29-22-30(35-41-29)39-23-26-18-20-34(19-13-21-36(26)34)24-40-42(33(3,4)5,27-14-9-7-10-15-27)28-16-11-8-12-17-28/h7-12,14-17,22,25-26,31H,13,18-21,23-24H2,1-6H3/t26-,31?,34-/m1/s1. The third-order valence-electron chi connectivity index (χ3n) is 9.37. The molecule has 0 saturated carbocycles. The van der Waals surface area contributed by atoms with Gasteiger partial charge in [-0.3, -0.25) is 9.69 Å². The summed E-state index contributed by atoms with van der Waals surface area (Å²) in [5.74, 6) is 0.0866. The fraction of sp³-hybridized carbons (Fsp3) is 0.529. The molecule has 8 heteroatoms. The van der Waals surface area contributed by atoms with Crippen LogP contribution >= 0.6 is 0 Å². The van der Waals surface area contributed by atoms with Crippen LogP contribution in [0.1, 0.15) is 72.0 Å². The normalized spacial score (nSPS) is 21.8. The van der Waals surface area contributed by atoms with Crippen LogP contribution < -0.4 is 15.1 Å². The molecule has 2 aliphatic heterocycles. The Balaban J connectivity index is 1.33. The average Bonchev–Trinajstić information content (AvgIpc) is 3.69. The number of rotatable bonds is 11. The molecule has 2 aliphatic rings. The number of carbonyl (C=O) groups excluding carboxylic acids is 1. The fourth-order valence-electron chi connectivity index (χ4n) is 7.31. The van der Waals surface area contributed by atoms with Gasteiger partial charge < -0.3 is 18.4 Å². The van der Waals surface area contributed by atoms with Gasteiger partial charge in [-0.15, -0.1) is 0 Å². The molecular formula is C34H46N2O5Si. The zero-order chi connectivity index (χ0) is 30.0. The van der Waals surface area contributed by atoms with Gasteiger partial charge in [-0.2, -0.15) is 0 Å². The van der Waals surface area contributed by atoms with Gasteiger partial charge in [0.05, 0.1) is 13.7 Å². The number of nitrogens with zero attached hydrogens (tertiary/aromatic N) is 2. The van der Waals surface area contributed by atoms with E-state index in [0.29, 0.717) is 24.9 Å². The number of methoxy groups -OCH3 is 1. The maximum atomic E-state index is 12.3. The van der Waals surface area contributed by atoms with Crippen LogP contribution in [0.4, 0.5) is 0 Å². The Kier molecular flexibility index (Phi) is 8.97. The van der Waals surface area contributed by atoms with Crippen molar-refractivity contribution in [1.29, 1.82) is 0 Å². The summed E-state index contributed by atoms with van der Waals surface area (Å²) in [6, 6.07) is 23.8. The number of ether oxygens (including phenoxy) is 2. The van der Waals surface area contributed by atoms with E-state index in [4.69, 9.17) is 18.4 Å². The predicted molar refractivity (Wildman–Crippen MR) is 167 cm³/mol. The van der Waals surface area contributed by atoms with Crippen molar-refractivity contribution >= 4 is 24.7 Å². The van der Waals surface area contributed by atoms with Crippen LogP contribution in [0.25, 0.3) is 0 Å². The molecule has 226 valence electrons. The molecule has 0 spiro atoms. The van der Waals surface area contributed by atoms with Crippen molar-refractivity contribution < 1.29 is 23.2 Å². The first kappa shape index (κ1) is 30.5. The first-order valence-electron chi connectivity index (χ1n) is 15.3. The minimum atomic E-state index is -2.62. The van der Waals surface area contributed by atoms with Gasteiger partial charge in [-0.05, 0) is 58.7 Å². The van der Waals surface area contributed by atoms with Crippen LogP contribution in [-0.2, 0) is 14.0 Å². The van der Waals surface area contributed by atoms with Crippen molar-refractivity contribution in [3.8, 4) is 5.88 Å². The van der Waals surface area contributed by atoms with E-state index >= 15 is 0 Å². The van der Waals surface area contributed by atoms with Gasteiger partial charge in [0, 0.05) is 17.6 Å². The van der Waals surface area contributed by atoms with Crippen molar-refractivity contribution in [2.24, 2.45) is 5.92 Å². The highest BCUT2D eigenvalue weighted by molar-refractivity contribution is 6.99. The van der Waals surface area contributed by atoms with Crippen molar-refractivity contribution in [2.75, 3.05) is 26.9 Å². The number of esters is 1. The van der Waals surface area contributed by atoms with Gasteiger partial charge in [0.15, 0.2) is 5.76 Å². The van der Waals surface area contributed by atoms with E-state index in [2.05, 4.69) is 91.5 Å². The molecule has 0 N–H and O–H groups in total. The first-order chi connectivity index (χ1) is 20.1. The summed E-state index contributed by atoms with van der Waals surface area (Å²) < 4.78 is 24.1. The molecule has 0 aliphatic carbocycles. The van der Waals surface area contributed by atoms with Crippen LogP contribution in [0, 0.1) is 5.92 Å². The number of aromatic nitrogens is 1. The molecule has 3 heterocycles. The van der Waals surface area contributed by atoms with E-state index in [-0.39, 0.29) is 28.5 Å². The third kappa shape index (κ3) is 5.69. The van der Waals surface area contributed by atoms with Crippen LogP contribution in [-0.4, -0.2) is 62.8 Å². The van der Waals surface area contributed by atoms with Gasteiger partial charge in [0.25, 0.3) is 14.2 Å². The van der Waals surface area contributed by atoms with Crippen LogP contribution in [0.2, 0.25) is 5.04 Å². The van der Waals surface area contributed by atoms with Crippen LogP contribution in [0.5, 0.6) is 5.88 Å². The second kappa shape index (κ2) is 12.3. The largest absolute Gasteiger partial charge is 0.474 e. The summed E-state index contributed by atoms with van der Waals surface area (Å²) in [6.45, 7) is 13.2. The lowest BCUT2D eigenvalue weighted by Crippen LogP contribution is -2.68. The second-order valence-electron chi connectivity index (χ2n) is 13.3. The number of benzene rings is 2. The Bertz CT molecular complexity index is 1280. The highest BCUT2D eigenvalue weighted by Crippen LogP contribution is 2.45. The molecule has 0 radical (unpaired) electrons. The minimum absolute atomic E-state index is 0.00367. The molecule has 3 atom stereocenters. The van der Waals surface area contributed by atoms with Crippen molar-refractivity contribution in [2.45, 2.75) is 82.8 Å². The lowest BCUT2D eigenvalue weighted by molar-refractivity contribution is -0.144. The summed E-state index contributed by atoms with van der Waals surface area (Å²) >= 11 is 0. The molecule has 2 saturated heterocycles. The van der Waals surface area contributed by atoms with Gasteiger partial charge in [0.2, 0.25) is 0 Å². The van der Waals surface area contributed by atoms with Gasteiger partial charge in [-0.25, -0.2) is 0 Å². The molecule has 7 nitrogen and oxygen atoms in total. The number of hydrogen-bond donors (Lipinski definition) is 0. The monoisotopic (exact) mass is 590 g/mol. The van der Waals surface area contributed by atoms with E-state index < -0.39 is 14.2 Å². The van der Waals surface area contributed by atoms with E-state index in [1.54, 1.807) is 6.07 Å². The fourth-order valence-corrected chi connectivity index (χ4v) is 11.9. The highest BCUT2D eigenvalue weighted by atomic mass is 28.4. The SMILES string of the molecule is COC(=O)C(c1cc(OC[C@H]2CC[C@@]3(CO[Si](c4ccccc4)(c4ccccc4)C(C)(C)C)CCCN23)no1)C(C)C. The second-order valence-corrected chi connectivity index (χ2v) is 17.6. The molecule has 42 heavy (non-hydrogen) atoms. The molecule has 1 aromatic heterocycles. The molecule has 0 bridgehead atoms. The van der Waals surface area contributed by atoms with E-state index in [1.165, 1.54) is 17.5 Å². The summed E-state index contributed by atoms with van der Waals surface area (Å²) in [5.41, 5.74) is 0.00367. The molecular weight excluding hydrogens is 544 g/mol. The summed E-state index contributed by atoms with van der Waals surface area (Å²) in [5, 5.41) is 6.70. The van der Waals surface area contributed by atoms with E-state index in [9.17, 15) is 4.79 Å². The van der Waals surface area contributed by atoms with Crippen molar-refractivity contribution in [3.05, 3.63) is 72.5 Å². The summed E-state index contributed by atoms with van der Waals surface area (Å²) in [4.78, 5) is 14.9. The molecule has 1 unspecified atom stereocenters. The van der Waals surface area contributed by atoms with Gasteiger partial charge in [0.1, 0.15) is 12.5 Å². The Hall–Kier alpha value is -2.94. The van der Waals surface area contributed by atoms with Crippen molar-refractivity contribution in [3.63, 3.8) is 0 Å². The molecule has 5 rings (SSSR count). The van der Waals surface area contributed by atoms with Gasteiger partial charge >= 0.3 is 5.97 Å². The van der Waals surface area contributed by atoms with E-state index in [0.717, 1.165) is 32.2 Å². The van der Waals surface area contributed by atoms with Crippen LogP contribution in [0.15, 0.2) is 71.3 Å². The third-order valence-corrected chi connectivity index (χ3v) is 14.3. The molecule has 0 amide bonds. The smallest absolute Gasteiger partial charge is 0.316 e. The maximum Gasteiger partial charge on any atom is 0.316 e. The summed E-state index contributed by atoms with van der Waals surface area (Å²) in [7, 11) is -1.23. The topological polar surface area (TPSA) is 74.0 Å². The Morgan fingerprint density at radius 1 is 1.07 bits per heavy atom. The maximum absolute atomic E-state index is 12.3. The summed E-state index contributed by atoms with van der Waals surface area (Å²) in [6.07, 6.45) is 4.42. The quantitative estimate of drug-likeness (QED) is 0.214. The zero-order valence-electron chi connectivity index (χ0n) is 26.0. The minimum Gasteiger partial charge on any atom is -0.474 e. The Labute approximate surface area is 251 Å². The number of hydrogen-bond acceptors (Lipinski definition) is 7. The van der Waals surface area contributed by atoms with E-state index in [1.807, 2.05) is 13.8 Å². The first-order valence-corrected chi connectivity index (χ1v) is 17.2. The molecule has 3 aromatic rings. The Morgan fingerprint density at radius 3 is 2.29 bits per heavy atom. The zero-order valence-corrected chi connectivity index (χ0v) is 27.0.